The number of allylic oxidation sites excluding steroid dienone is 2. The van der Waals surface area contributed by atoms with Crippen molar-refractivity contribution in [3.05, 3.63) is 45.5 Å². The topological polar surface area (TPSA) is 96.7 Å². The zero-order chi connectivity index (χ0) is 28.1. The molecular formula is C27H36F3NO5S. The second-order valence-corrected chi connectivity index (χ2v) is 11.3. The van der Waals surface area contributed by atoms with Crippen LogP contribution < -0.4 is 0 Å². The number of hydrogen-bond donors (Lipinski definition) is 2. The summed E-state index contributed by atoms with van der Waals surface area (Å²) in [4.78, 5) is 30.2. The largest absolute Gasteiger partial charge is 0.457 e. The van der Waals surface area contributed by atoms with Crippen molar-refractivity contribution in [2.45, 2.75) is 85.3 Å². The number of aliphatic hydroxyl groups is 2. The van der Waals surface area contributed by atoms with E-state index in [0.717, 1.165) is 11.1 Å². The summed E-state index contributed by atoms with van der Waals surface area (Å²) in [5, 5.41) is 24.0. The normalized spacial score (nSPS) is 31.4. The van der Waals surface area contributed by atoms with E-state index in [0.29, 0.717) is 11.3 Å². The van der Waals surface area contributed by atoms with Gasteiger partial charge in [-0.25, -0.2) is 4.98 Å². The van der Waals surface area contributed by atoms with Crippen LogP contribution in [0.2, 0.25) is 0 Å². The highest BCUT2D eigenvalue weighted by atomic mass is 32.1. The highest BCUT2D eigenvalue weighted by Crippen LogP contribution is 2.33. The number of rotatable bonds is 2. The monoisotopic (exact) mass is 543 g/mol. The zero-order valence-electron chi connectivity index (χ0n) is 22.0. The molecule has 2 heterocycles. The van der Waals surface area contributed by atoms with Gasteiger partial charge in [0, 0.05) is 29.2 Å². The van der Waals surface area contributed by atoms with Gasteiger partial charge in [0.25, 0.3) is 0 Å². The molecule has 0 saturated carbocycles. The maximum atomic E-state index is 13.8. The van der Waals surface area contributed by atoms with E-state index in [1.54, 1.807) is 25.3 Å². The minimum absolute atomic E-state index is 0.243. The van der Waals surface area contributed by atoms with Gasteiger partial charge in [0.15, 0.2) is 0 Å². The van der Waals surface area contributed by atoms with Crippen LogP contribution >= 0.6 is 11.3 Å². The summed E-state index contributed by atoms with van der Waals surface area (Å²) < 4.78 is 46.8. The van der Waals surface area contributed by atoms with E-state index in [9.17, 15) is 33.0 Å². The Balaban J connectivity index is 2.50. The average molecular weight is 544 g/mol. The first kappa shape index (κ1) is 30.9. The fourth-order valence-electron chi connectivity index (χ4n) is 4.17. The Morgan fingerprint density at radius 1 is 1.24 bits per heavy atom. The maximum Gasteiger partial charge on any atom is 0.412 e. The van der Waals surface area contributed by atoms with Crippen molar-refractivity contribution in [1.29, 1.82) is 0 Å². The molecule has 0 saturated heterocycles. The molecule has 0 aliphatic carbocycles. The first-order chi connectivity index (χ1) is 17.0. The molecular weight excluding hydrogens is 507 g/mol. The van der Waals surface area contributed by atoms with Gasteiger partial charge in [0.05, 0.1) is 34.7 Å². The lowest BCUT2D eigenvalue weighted by Crippen LogP contribution is -2.45. The van der Waals surface area contributed by atoms with Crippen molar-refractivity contribution in [3.63, 3.8) is 0 Å². The number of ether oxygens (including phenoxy) is 1. The maximum absolute atomic E-state index is 13.8. The van der Waals surface area contributed by atoms with E-state index in [-0.39, 0.29) is 6.42 Å². The van der Waals surface area contributed by atoms with E-state index in [1.165, 1.54) is 44.3 Å². The number of Topliss-reactive ketones (excluding diaryl/α,β-unsaturated/α-hetero) is 1. The van der Waals surface area contributed by atoms with E-state index in [2.05, 4.69) is 4.98 Å². The number of cyclic esters (lactones) is 1. The van der Waals surface area contributed by atoms with Crippen molar-refractivity contribution in [2.75, 3.05) is 0 Å². The van der Waals surface area contributed by atoms with Gasteiger partial charge in [-0.05, 0) is 31.9 Å². The number of halogens is 3. The molecule has 2 N–H and O–H groups in total. The number of carbonyl (C=O) groups is 2. The summed E-state index contributed by atoms with van der Waals surface area (Å²) in [7, 11) is 0. The Hall–Kier alpha value is -2.30. The van der Waals surface area contributed by atoms with Crippen molar-refractivity contribution >= 4 is 29.2 Å². The number of nitrogens with zero attached hydrogens (tertiary/aromatic N) is 1. The van der Waals surface area contributed by atoms with Gasteiger partial charge in [-0.3, -0.25) is 9.59 Å². The van der Waals surface area contributed by atoms with Crippen LogP contribution in [0, 0.1) is 24.2 Å². The molecule has 206 valence electrons. The molecule has 0 bridgehead atoms. The van der Waals surface area contributed by atoms with Gasteiger partial charge in [-0.1, -0.05) is 45.9 Å². The lowest BCUT2D eigenvalue weighted by atomic mass is 9.73. The summed E-state index contributed by atoms with van der Waals surface area (Å²) in [6.45, 7) is 9.55. The van der Waals surface area contributed by atoms with Gasteiger partial charge < -0.3 is 14.9 Å². The van der Waals surface area contributed by atoms with Crippen LogP contribution in [-0.2, 0) is 14.3 Å². The minimum atomic E-state index is -4.61. The first-order valence-electron chi connectivity index (χ1n) is 12.2. The molecule has 0 amide bonds. The van der Waals surface area contributed by atoms with Crippen molar-refractivity contribution in [1.82, 2.24) is 4.98 Å². The molecule has 0 aromatic carbocycles. The van der Waals surface area contributed by atoms with Gasteiger partial charge in [-0.2, -0.15) is 13.2 Å². The van der Waals surface area contributed by atoms with Gasteiger partial charge in [-0.15, -0.1) is 11.3 Å². The number of esters is 1. The Labute approximate surface area is 219 Å². The number of thiazole rings is 1. The summed E-state index contributed by atoms with van der Waals surface area (Å²) >= 11 is 1.41. The van der Waals surface area contributed by atoms with Crippen molar-refractivity contribution < 1.29 is 37.7 Å². The van der Waals surface area contributed by atoms with Crippen LogP contribution in [0.5, 0.6) is 0 Å². The lowest BCUT2D eigenvalue weighted by Gasteiger charge is -2.34. The van der Waals surface area contributed by atoms with E-state index in [4.69, 9.17) is 4.74 Å². The minimum Gasteiger partial charge on any atom is -0.457 e. The number of aromatic nitrogens is 1. The second kappa shape index (κ2) is 12.5. The molecule has 1 aromatic heterocycles. The van der Waals surface area contributed by atoms with E-state index >= 15 is 0 Å². The van der Waals surface area contributed by atoms with Crippen molar-refractivity contribution in [2.24, 2.45) is 17.3 Å². The second-order valence-electron chi connectivity index (χ2n) is 10.2. The van der Waals surface area contributed by atoms with Crippen LogP contribution in [0.15, 0.2) is 34.8 Å². The van der Waals surface area contributed by atoms with Gasteiger partial charge in [0.1, 0.15) is 11.9 Å². The Morgan fingerprint density at radius 2 is 1.89 bits per heavy atom. The Morgan fingerprint density at radius 3 is 2.46 bits per heavy atom. The molecule has 0 spiro atoms. The third-order valence-corrected chi connectivity index (χ3v) is 7.60. The summed E-state index contributed by atoms with van der Waals surface area (Å²) in [6.07, 6.45) is -4.04. The Kier molecular flexibility index (Phi) is 10.4. The van der Waals surface area contributed by atoms with Gasteiger partial charge >= 0.3 is 12.1 Å². The van der Waals surface area contributed by atoms with Crippen LogP contribution in [0.1, 0.15) is 64.6 Å². The molecule has 1 aliphatic rings. The molecule has 5 atom stereocenters. The van der Waals surface area contributed by atoms with Crippen LogP contribution in [0.3, 0.4) is 0 Å². The van der Waals surface area contributed by atoms with Crippen LogP contribution in [-0.4, -0.2) is 51.4 Å². The van der Waals surface area contributed by atoms with E-state index in [1.807, 2.05) is 6.92 Å². The third kappa shape index (κ3) is 8.35. The Bertz CT molecular complexity index is 1060. The molecule has 1 aromatic rings. The first-order valence-corrected chi connectivity index (χ1v) is 13.0. The smallest absolute Gasteiger partial charge is 0.412 e. The summed E-state index contributed by atoms with van der Waals surface area (Å²) in [6, 6.07) is 0. The summed E-state index contributed by atoms with van der Waals surface area (Å²) in [5.41, 5.74) is -1.11. The average Bonchev–Trinajstić information content (AvgIpc) is 3.21. The number of alkyl halides is 3. The fourth-order valence-corrected chi connectivity index (χ4v) is 4.74. The molecule has 37 heavy (non-hydrogen) atoms. The number of carbonyl (C=O) groups excluding carboxylic acids is 2. The number of hydrogen-bond acceptors (Lipinski definition) is 7. The summed E-state index contributed by atoms with van der Waals surface area (Å²) in [5.74, 6) is -2.85. The standard InChI is InChI=1S/C27H36F3NO5S/c1-15-8-7-9-19(27(28,29)30)10-11-21(16(2)12-20-14-37-18(4)31-20)36-23(33)13-22(32)26(5,6)25(35)17(3)24(15)34/h7-8,10,12,14-15,17,21-22,24,32,34H,9,11,13H2,1-6H3/b8-7+,16-12+,19-10+. The number of ketones is 1. The third-order valence-electron chi connectivity index (χ3n) is 6.81. The molecule has 2 rings (SSSR count). The van der Waals surface area contributed by atoms with Gasteiger partial charge in [0.2, 0.25) is 0 Å². The van der Waals surface area contributed by atoms with Crippen LogP contribution in [0.25, 0.3) is 6.08 Å². The van der Waals surface area contributed by atoms with Crippen molar-refractivity contribution in [3.8, 4) is 0 Å². The highest BCUT2D eigenvalue weighted by molar-refractivity contribution is 7.09. The van der Waals surface area contributed by atoms with Crippen LogP contribution in [0.4, 0.5) is 13.2 Å². The molecule has 10 heteroatoms. The quantitative estimate of drug-likeness (QED) is 0.373. The van der Waals surface area contributed by atoms with E-state index < -0.39 is 71.9 Å². The molecule has 1 aliphatic heterocycles. The fraction of sp³-hybridized carbons (Fsp3) is 0.593. The highest BCUT2D eigenvalue weighted by Gasteiger charge is 2.42. The molecule has 5 unspecified atom stereocenters. The predicted molar refractivity (Wildman–Crippen MR) is 137 cm³/mol. The molecule has 6 nitrogen and oxygen atoms in total. The number of aliphatic hydroxyl groups excluding tert-OH is 2. The molecule has 0 fully saturated rings. The zero-order valence-corrected chi connectivity index (χ0v) is 22.8. The molecule has 0 radical (unpaired) electrons. The predicted octanol–water partition coefficient (Wildman–Crippen LogP) is 5.58. The SMILES string of the molecule is C/C(=C\c1csc(C)n1)C1C/C=C(/C(F)(F)F)C/C=C/C(C)C(O)C(C)C(=O)C(C)(C)C(O)CC(=O)O1. The lowest BCUT2D eigenvalue weighted by molar-refractivity contribution is -0.154. The number of aryl methyl sites for hydroxylation is 1.